The standard InChI is InChI=1S/C25H24BrN3O8S/c1-2-36-20-12-17(11-19(26)23(20)37-15-16-3-5-18(6-4-16)29(33)34)13-21-24(31)28(25(32)38-21)14-22(30)27-7-9-35-10-8-27/h3-6,11-13H,2,7-10,14-15H2,1H3/b21-13-. The maximum atomic E-state index is 12.9. The van der Waals surface area contributed by atoms with Crippen molar-refractivity contribution in [2.75, 3.05) is 39.5 Å². The summed E-state index contributed by atoms with van der Waals surface area (Å²) >= 11 is 4.26. The number of rotatable bonds is 9. The van der Waals surface area contributed by atoms with E-state index >= 15 is 0 Å². The van der Waals surface area contributed by atoms with Crippen molar-refractivity contribution in [3.63, 3.8) is 0 Å². The van der Waals surface area contributed by atoms with E-state index in [1.807, 2.05) is 6.92 Å². The number of hydrogen-bond donors (Lipinski definition) is 0. The van der Waals surface area contributed by atoms with Gasteiger partial charge in [0.05, 0.1) is 34.1 Å². The first-order valence-electron chi connectivity index (χ1n) is 11.7. The Bertz CT molecular complexity index is 1280. The zero-order valence-corrected chi connectivity index (χ0v) is 22.8. The Hall–Kier alpha value is -3.42. The van der Waals surface area contributed by atoms with Crippen LogP contribution in [0.3, 0.4) is 0 Å². The Morgan fingerprint density at radius 2 is 1.89 bits per heavy atom. The van der Waals surface area contributed by atoms with Crippen LogP contribution in [0.15, 0.2) is 45.8 Å². The maximum Gasteiger partial charge on any atom is 0.294 e. The van der Waals surface area contributed by atoms with Crippen molar-refractivity contribution in [3.05, 3.63) is 67.0 Å². The first-order chi connectivity index (χ1) is 18.3. The number of imide groups is 1. The molecule has 3 amide bonds. The van der Waals surface area contributed by atoms with Crippen LogP contribution in [0.1, 0.15) is 18.1 Å². The van der Waals surface area contributed by atoms with Crippen LogP contribution in [-0.4, -0.2) is 71.2 Å². The van der Waals surface area contributed by atoms with E-state index in [0.717, 1.165) is 22.2 Å². The molecule has 11 nitrogen and oxygen atoms in total. The summed E-state index contributed by atoms with van der Waals surface area (Å²) in [5.41, 5.74) is 1.31. The minimum Gasteiger partial charge on any atom is -0.490 e. The summed E-state index contributed by atoms with van der Waals surface area (Å²) in [4.78, 5) is 51.1. The Labute approximate surface area is 231 Å². The van der Waals surface area contributed by atoms with Crippen molar-refractivity contribution < 1.29 is 33.5 Å². The first kappa shape index (κ1) is 27.6. The zero-order chi connectivity index (χ0) is 27.2. The van der Waals surface area contributed by atoms with E-state index in [4.69, 9.17) is 14.2 Å². The van der Waals surface area contributed by atoms with E-state index in [9.17, 15) is 24.5 Å². The fraction of sp³-hybridized carbons (Fsp3) is 0.320. The van der Waals surface area contributed by atoms with Crippen LogP contribution >= 0.6 is 27.7 Å². The van der Waals surface area contributed by atoms with Gasteiger partial charge in [0.2, 0.25) is 5.91 Å². The number of ether oxygens (including phenoxy) is 3. The van der Waals surface area contributed by atoms with Gasteiger partial charge in [-0.2, -0.15) is 0 Å². The van der Waals surface area contributed by atoms with Gasteiger partial charge in [-0.25, -0.2) is 0 Å². The van der Waals surface area contributed by atoms with Gasteiger partial charge in [0.1, 0.15) is 13.2 Å². The second kappa shape index (κ2) is 12.4. The summed E-state index contributed by atoms with van der Waals surface area (Å²) in [6, 6.07) is 9.44. The minimum atomic E-state index is -0.533. The molecule has 4 rings (SSSR count). The third-order valence-electron chi connectivity index (χ3n) is 5.69. The molecule has 2 aromatic carbocycles. The number of morpholine rings is 1. The van der Waals surface area contributed by atoms with Gasteiger partial charge in [-0.05, 0) is 76.1 Å². The fourth-order valence-electron chi connectivity index (χ4n) is 3.78. The highest BCUT2D eigenvalue weighted by Gasteiger charge is 2.37. The first-order valence-corrected chi connectivity index (χ1v) is 13.3. The van der Waals surface area contributed by atoms with Crippen LogP contribution in [-0.2, 0) is 20.9 Å². The Kier molecular flexibility index (Phi) is 9.02. The fourth-order valence-corrected chi connectivity index (χ4v) is 5.19. The number of benzene rings is 2. The summed E-state index contributed by atoms with van der Waals surface area (Å²) in [5, 5.41) is 10.4. The number of halogens is 1. The Morgan fingerprint density at radius 3 is 2.55 bits per heavy atom. The number of nitrogens with zero attached hydrogens (tertiary/aromatic N) is 3. The molecule has 0 N–H and O–H groups in total. The van der Waals surface area contributed by atoms with Crippen LogP contribution in [0.2, 0.25) is 0 Å². The van der Waals surface area contributed by atoms with Crippen LogP contribution in [0.4, 0.5) is 10.5 Å². The molecule has 13 heteroatoms. The maximum absolute atomic E-state index is 12.9. The molecule has 0 aliphatic carbocycles. The van der Waals surface area contributed by atoms with Crippen molar-refractivity contribution >= 4 is 56.5 Å². The van der Waals surface area contributed by atoms with Crippen LogP contribution in [0.25, 0.3) is 6.08 Å². The summed E-state index contributed by atoms with van der Waals surface area (Å²) < 4.78 is 17.5. The lowest BCUT2D eigenvalue weighted by molar-refractivity contribution is -0.384. The summed E-state index contributed by atoms with van der Waals surface area (Å²) in [5.74, 6) is 0.00487. The highest BCUT2D eigenvalue weighted by Crippen LogP contribution is 2.39. The zero-order valence-electron chi connectivity index (χ0n) is 20.4. The largest absolute Gasteiger partial charge is 0.490 e. The normalized spacial score (nSPS) is 16.7. The second-order valence-electron chi connectivity index (χ2n) is 8.24. The molecule has 0 bridgehead atoms. The molecule has 2 fully saturated rings. The highest BCUT2D eigenvalue weighted by atomic mass is 79.9. The number of nitro benzene ring substituents is 1. The van der Waals surface area contributed by atoms with Crippen molar-refractivity contribution in [1.29, 1.82) is 0 Å². The molecule has 2 saturated heterocycles. The number of non-ortho nitro benzene ring substituents is 1. The number of carbonyl (C=O) groups excluding carboxylic acids is 3. The smallest absolute Gasteiger partial charge is 0.294 e. The Balaban J connectivity index is 1.49. The summed E-state index contributed by atoms with van der Waals surface area (Å²) in [6.07, 6.45) is 1.57. The van der Waals surface area contributed by atoms with E-state index in [2.05, 4.69) is 15.9 Å². The molecule has 2 heterocycles. The molecule has 0 saturated carbocycles. The molecule has 0 unspecified atom stereocenters. The number of amides is 3. The van der Waals surface area contributed by atoms with E-state index in [-0.39, 0.29) is 29.7 Å². The van der Waals surface area contributed by atoms with Gasteiger partial charge in [-0.3, -0.25) is 29.4 Å². The lowest BCUT2D eigenvalue weighted by Crippen LogP contribution is -2.46. The highest BCUT2D eigenvalue weighted by molar-refractivity contribution is 9.10. The number of carbonyl (C=O) groups is 3. The molecule has 38 heavy (non-hydrogen) atoms. The van der Waals surface area contributed by atoms with Gasteiger partial charge in [0, 0.05) is 25.2 Å². The van der Waals surface area contributed by atoms with Crippen LogP contribution in [0, 0.1) is 10.1 Å². The van der Waals surface area contributed by atoms with E-state index in [0.29, 0.717) is 54.4 Å². The van der Waals surface area contributed by atoms with E-state index < -0.39 is 16.1 Å². The third-order valence-corrected chi connectivity index (χ3v) is 7.19. The minimum absolute atomic E-state index is 0.0100. The second-order valence-corrected chi connectivity index (χ2v) is 10.1. The van der Waals surface area contributed by atoms with Gasteiger partial charge in [0.15, 0.2) is 11.5 Å². The molecular formula is C25H24BrN3O8S. The van der Waals surface area contributed by atoms with Crippen LogP contribution < -0.4 is 9.47 Å². The topological polar surface area (TPSA) is 129 Å². The molecule has 0 radical (unpaired) electrons. The Morgan fingerprint density at radius 1 is 1.18 bits per heavy atom. The average Bonchev–Trinajstić information content (AvgIpc) is 3.16. The average molecular weight is 606 g/mol. The quantitative estimate of drug-likeness (QED) is 0.234. The van der Waals surface area contributed by atoms with Gasteiger partial charge in [0.25, 0.3) is 16.8 Å². The molecular weight excluding hydrogens is 582 g/mol. The molecule has 2 aromatic rings. The predicted octanol–water partition coefficient (Wildman–Crippen LogP) is 4.23. The van der Waals surface area contributed by atoms with E-state index in [1.54, 1.807) is 35.2 Å². The molecule has 200 valence electrons. The molecule has 0 atom stereocenters. The number of hydrogen-bond acceptors (Lipinski definition) is 9. The molecule has 0 spiro atoms. The van der Waals surface area contributed by atoms with Crippen molar-refractivity contribution in [3.8, 4) is 11.5 Å². The lowest BCUT2D eigenvalue weighted by atomic mass is 10.1. The van der Waals surface area contributed by atoms with Gasteiger partial charge >= 0.3 is 0 Å². The van der Waals surface area contributed by atoms with Crippen LogP contribution in [0.5, 0.6) is 11.5 Å². The van der Waals surface area contributed by atoms with Crippen molar-refractivity contribution in [2.45, 2.75) is 13.5 Å². The molecule has 0 aromatic heterocycles. The van der Waals surface area contributed by atoms with Gasteiger partial charge < -0.3 is 19.1 Å². The predicted molar refractivity (Wildman–Crippen MR) is 143 cm³/mol. The van der Waals surface area contributed by atoms with Gasteiger partial charge in [-0.15, -0.1) is 0 Å². The summed E-state index contributed by atoms with van der Waals surface area (Å²) in [6.45, 7) is 3.71. The monoisotopic (exact) mass is 605 g/mol. The SMILES string of the molecule is CCOc1cc(/C=C2\SC(=O)N(CC(=O)N3CCOCC3)C2=O)cc(Br)c1OCc1ccc([N+](=O)[O-])cc1. The molecule has 2 aliphatic heterocycles. The number of thioether (sulfide) groups is 1. The number of nitro groups is 1. The van der Waals surface area contributed by atoms with Crippen molar-refractivity contribution in [2.24, 2.45) is 0 Å². The summed E-state index contributed by atoms with van der Waals surface area (Å²) in [7, 11) is 0. The van der Waals surface area contributed by atoms with E-state index in [1.165, 1.54) is 12.1 Å². The lowest BCUT2D eigenvalue weighted by Gasteiger charge is -2.28. The van der Waals surface area contributed by atoms with Gasteiger partial charge in [-0.1, -0.05) is 0 Å². The molecule has 2 aliphatic rings. The third kappa shape index (κ3) is 6.52. The van der Waals surface area contributed by atoms with Crippen molar-refractivity contribution in [1.82, 2.24) is 9.80 Å².